The molecule has 0 bridgehead atoms. The molecule has 0 saturated heterocycles. The minimum atomic E-state index is 0.311. The van der Waals surface area contributed by atoms with Crippen molar-refractivity contribution in [2.24, 2.45) is 0 Å². The van der Waals surface area contributed by atoms with Gasteiger partial charge in [-0.25, -0.2) is 0 Å². The topological polar surface area (TPSA) is 64.1 Å². The molecule has 0 atom stereocenters. The Morgan fingerprint density at radius 1 is 1.31 bits per heavy atom. The van der Waals surface area contributed by atoms with Crippen molar-refractivity contribution in [1.82, 2.24) is 15.5 Å². The fourth-order valence-corrected chi connectivity index (χ4v) is 1.52. The summed E-state index contributed by atoms with van der Waals surface area (Å²) in [4.78, 5) is 0. The third-order valence-corrected chi connectivity index (χ3v) is 2.57. The highest BCUT2D eigenvalue weighted by molar-refractivity contribution is 6.28. The Morgan fingerprint density at radius 3 is 2.88 bits per heavy atom. The van der Waals surface area contributed by atoms with Gasteiger partial charge in [-0.05, 0) is 36.6 Å². The second-order valence-corrected chi connectivity index (χ2v) is 4.13. The molecule has 1 aliphatic carbocycles. The van der Waals surface area contributed by atoms with Crippen molar-refractivity contribution in [2.45, 2.75) is 25.4 Å². The van der Waals surface area contributed by atoms with Crippen LogP contribution in [0.4, 0.5) is 0 Å². The maximum absolute atomic E-state index is 5.66. The molecular formula is C10H10ClN3O2. The van der Waals surface area contributed by atoms with Crippen molar-refractivity contribution in [3.63, 3.8) is 0 Å². The normalized spacial score (nSPS) is 15.6. The van der Waals surface area contributed by atoms with Crippen molar-refractivity contribution in [3.05, 3.63) is 23.2 Å². The fraction of sp³-hybridized carbons (Fsp3) is 0.400. The first-order valence-electron chi connectivity index (χ1n) is 5.13. The van der Waals surface area contributed by atoms with Crippen LogP contribution in [0.2, 0.25) is 5.22 Å². The molecule has 2 heterocycles. The second-order valence-electron chi connectivity index (χ2n) is 3.76. The van der Waals surface area contributed by atoms with Gasteiger partial charge in [0.1, 0.15) is 0 Å². The summed E-state index contributed by atoms with van der Waals surface area (Å²) >= 11 is 5.66. The van der Waals surface area contributed by atoms with Crippen LogP contribution in [-0.4, -0.2) is 16.2 Å². The Kier molecular flexibility index (Phi) is 2.41. The SMILES string of the molecule is Clc1ccc(-c2nnc(CNC3CC3)o2)o1. The van der Waals surface area contributed by atoms with E-state index in [1.165, 1.54) is 12.8 Å². The van der Waals surface area contributed by atoms with Gasteiger partial charge in [0.05, 0.1) is 6.54 Å². The molecule has 2 aromatic heterocycles. The van der Waals surface area contributed by atoms with Crippen LogP contribution in [0, 0.1) is 0 Å². The lowest BCUT2D eigenvalue weighted by molar-refractivity contribution is 0.460. The summed E-state index contributed by atoms with van der Waals surface area (Å²) in [6.45, 7) is 0.603. The van der Waals surface area contributed by atoms with Gasteiger partial charge in [0.2, 0.25) is 5.89 Å². The molecule has 0 unspecified atom stereocenters. The number of rotatable bonds is 4. The van der Waals surface area contributed by atoms with Crippen LogP contribution in [0.3, 0.4) is 0 Å². The number of hydrogen-bond donors (Lipinski definition) is 1. The third-order valence-electron chi connectivity index (χ3n) is 2.37. The minimum absolute atomic E-state index is 0.311. The molecule has 16 heavy (non-hydrogen) atoms. The van der Waals surface area contributed by atoms with Crippen LogP contribution < -0.4 is 5.32 Å². The Hall–Kier alpha value is -1.33. The molecule has 0 aliphatic heterocycles. The monoisotopic (exact) mass is 239 g/mol. The van der Waals surface area contributed by atoms with Crippen LogP contribution in [0.1, 0.15) is 18.7 Å². The lowest BCUT2D eigenvalue weighted by Gasteiger charge is -1.95. The van der Waals surface area contributed by atoms with Gasteiger partial charge in [-0.2, -0.15) is 0 Å². The Bertz CT molecular complexity index is 490. The lowest BCUT2D eigenvalue weighted by Crippen LogP contribution is -2.15. The van der Waals surface area contributed by atoms with E-state index >= 15 is 0 Å². The van der Waals surface area contributed by atoms with Gasteiger partial charge >= 0.3 is 0 Å². The van der Waals surface area contributed by atoms with E-state index in [0.29, 0.717) is 35.3 Å². The van der Waals surface area contributed by atoms with Crippen molar-refractivity contribution in [3.8, 4) is 11.7 Å². The molecule has 0 aromatic carbocycles. The van der Waals surface area contributed by atoms with E-state index in [1.807, 2.05) is 0 Å². The predicted octanol–water partition coefficient (Wildman–Crippen LogP) is 2.23. The van der Waals surface area contributed by atoms with E-state index in [-0.39, 0.29) is 0 Å². The quantitative estimate of drug-likeness (QED) is 0.887. The van der Waals surface area contributed by atoms with Crippen molar-refractivity contribution >= 4 is 11.6 Å². The molecule has 1 fully saturated rings. The van der Waals surface area contributed by atoms with Crippen LogP contribution in [0.25, 0.3) is 11.7 Å². The van der Waals surface area contributed by atoms with Crippen LogP contribution >= 0.6 is 11.6 Å². The van der Waals surface area contributed by atoms with Gasteiger partial charge < -0.3 is 14.2 Å². The summed E-state index contributed by atoms with van der Waals surface area (Å²) in [5.41, 5.74) is 0. The molecular weight excluding hydrogens is 230 g/mol. The van der Waals surface area contributed by atoms with E-state index in [9.17, 15) is 0 Å². The molecule has 84 valence electrons. The average Bonchev–Trinajstić information content (AvgIpc) is 2.81. The Labute approximate surface area is 96.8 Å². The minimum Gasteiger partial charge on any atom is -0.440 e. The highest BCUT2D eigenvalue weighted by Gasteiger charge is 2.21. The number of nitrogens with zero attached hydrogens (tertiary/aromatic N) is 2. The summed E-state index contributed by atoms with van der Waals surface area (Å²) in [5, 5.41) is 11.4. The molecule has 2 aromatic rings. The maximum atomic E-state index is 5.66. The summed E-state index contributed by atoms with van der Waals surface area (Å²) in [6.07, 6.45) is 2.46. The van der Waals surface area contributed by atoms with Crippen LogP contribution in [0.15, 0.2) is 21.0 Å². The number of halogens is 1. The molecule has 1 aliphatic rings. The first kappa shape index (κ1) is 9.86. The van der Waals surface area contributed by atoms with Crippen LogP contribution in [0.5, 0.6) is 0 Å². The first-order chi connectivity index (χ1) is 7.81. The maximum Gasteiger partial charge on any atom is 0.283 e. The van der Waals surface area contributed by atoms with Crippen LogP contribution in [-0.2, 0) is 6.54 Å². The fourth-order valence-electron chi connectivity index (χ4n) is 1.37. The number of nitrogens with one attached hydrogen (secondary N) is 1. The Morgan fingerprint density at radius 2 is 2.19 bits per heavy atom. The van der Waals surface area contributed by atoms with Crippen molar-refractivity contribution in [1.29, 1.82) is 0 Å². The van der Waals surface area contributed by atoms with Gasteiger partial charge in [-0.1, -0.05) is 0 Å². The first-order valence-corrected chi connectivity index (χ1v) is 5.50. The molecule has 0 radical (unpaired) electrons. The van der Waals surface area contributed by atoms with Gasteiger partial charge in [-0.3, -0.25) is 0 Å². The zero-order valence-corrected chi connectivity index (χ0v) is 9.20. The summed E-state index contributed by atoms with van der Waals surface area (Å²) < 4.78 is 10.6. The molecule has 0 amide bonds. The standard InChI is InChI=1S/C10H10ClN3O2/c11-8-4-3-7(15-8)10-14-13-9(16-10)5-12-6-1-2-6/h3-4,6,12H,1-2,5H2. The molecule has 1 N–H and O–H groups in total. The average molecular weight is 240 g/mol. The predicted molar refractivity (Wildman–Crippen MR) is 56.9 cm³/mol. The van der Waals surface area contributed by atoms with Crippen molar-refractivity contribution < 1.29 is 8.83 Å². The molecule has 1 saturated carbocycles. The summed E-state index contributed by atoms with van der Waals surface area (Å²) in [6, 6.07) is 3.96. The molecule has 5 nitrogen and oxygen atoms in total. The third kappa shape index (κ3) is 2.10. The second kappa shape index (κ2) is 3.92. The van der Waals surface area contributed by atoms with Gasteiger partial charge in [0.25, 0.3) is 5.89 Å². The van der Waals surface area contributed by atoms with E-state index in [2.05, 4.69) is 15.5 Å². The Balaban J connectivity index is 1.71. The number of hydrogen-bond acceptors (Lipinski definition) is 5. The lowest BCUT2D eigenvalue weighted by atomic mass is 10.4. The molecule has 3 rings (SSSR count). The molecule has 6 heteroatoms. The van der Waals surface area contributed by atoms with Crippen molar-refractivity contribution in [2.75, 3.05) is 0 Å². The summed E-state index contributed by atoms with van der Waals surface area (Å²) in [5.74, 6) is 1.42. The smallest absolute Gasteiger partial charge is 0.283 e. The van der Waals surface area contributed by atoms with E-state index in [1.54, 1.807) is 12.1 Å². The highest BCUT2D eigenvalue weighted by atomic mass is 35.5. The van der Waals surface area contributed by atoms with Gasteiger partial charge in [0, 0.05) is 6.04 Å². The largest absolute Gasteiger partial charge is 0.440 e. The molecule has 0 spiro atoms. The number of aromatic nitrogens is 2. The van der Waals surface area contributed by atoms with E-state index in [0.717, 1.165) is 0 Å². The van der Waals surface area contributed by atoms with E-state index in [4.69, 9.17) is 20.4 Å². The summed E-state index contributed by atoms with van der Waals surface area (Å²) in [7, 11) is 0. The zero-order chi connectivity index (χ0) is 11.0. The number of furan rings is 1. The van der Waals surface area contributed by atoms with Gasteiger partial charge in [0.15, 0.2) is 11.0 Å². The zero-order valence-electron chi connectivity index (χ0n) is 8.44. The highest BCUT2D eigenvalue weighted by Crippen LogP contribution is 2.24. The van der Waals surface area contributed by atoms with Gasteiger partial charge in [-0.15, -0.1) is 10.2 Å². The van der Waals surface area contributed by atoms with E-state index < -0.39 is 0 Å².